The molecular formula is C33H61N5O9. The fraction of sp³-hybridized carbons (Fsp3) is 0.818. The molecule has 0 aliphatic rings. The number of rotatable bonds is 21. The second-order valence-corrected chi connectivity index (χ2v) is 14.3. The molecule has 0 aromatic heterocycles. The predicted octanol–water partition coefficient (Wildman–Crippen LogP) is 1.08. The molecule has 0 rings (SSSR count). The summed E-state index contributed by atoms with van der Waals surface area (Å²) in [5.41, 5.74) is 0. The van der Waals surface area contributed by atoms with Crippen LogP contribution < -0.4 is 26.6 Å². The zero-order chi connectivity index (χ0) is 36.8. The molecule has 0 heterocycles. The summed E-state index contributed by atoms with van der Waals surface area (Å²) >= 11 is 0. The van der Waals surface area contributed by atoms with Gasteiger partial charge in [0.25, 0.3) is 0 Å². The lowest BCUT2D eigenvalue weighted by atomic mass is 9.95. The molecule has 0 fully saturated rings. The fourth-order valence-corrected chi connectivity index (χ4v) is 4.87. The Kier molecular flexibility index (Phi) is 19.4. The molecule has 8 N–H and O–H groups in total. The molecule has 5 amide bonds. The van der Waals surface area contributed by atoms with Gasteiger partial charge in [0.2, 0.25) is 29.5 Å². The molecule has 14 nitrogen and oxygen atoms in total. The number of hydrogen-bond acceptors (Lipinski definition) is 8. The third-order valence-electron chi connectivity index (χ3n) is 7.60. The van der Waals surface area contributed by atoms with Crippen molar-refractivity contribution < 1.29 is 44.1 Å². The van der Waals surface area contributed by atoms with Crippen LogP contribution in [-0.2, 0) is 28.8 Å². The summed E-state index contributed by atoms with van der Waals surface area (Å²) in [4.78, 5) is 75.7. The highest BCUT2D eigenvalue weighted by Gasteiger charge is 2.34. The van der Waals surface area contributed by atoms with Crippen molar-refractivity contribution in [2.45, 2.75) is 144 Å². The van der Waals surface area contributed by atoms with Crippen LogP contribution in [-0.4, -0.2) is 93.2 Å². The maximum absolute atomic E-state index is 13.5. The molecule has 47 heavy (non-hydrogen) atoms. The van der Waals surface area contributed by atoms with Gasteiger partial charge in [0.1, 0.15) is 18.1 Å². The van der Waals surface area contributed by atoms with Crippen LogP contribution in [0.4, 0.5) is 0 Å². The van der Waals surface area contributed by atoms with Gasteiger partial charge in [-0.2, -0.15) is 0 Å². The van der Waals surface area contributed by atoms with E-state index in [2.05, 4.69) is 26.6 Å². The number of carbonyl (C=O) groups is 6. The van der Waals surface area contributed by atoms with Gasteiger partial charge in [-0.25, -0.2) is 0 Å². The van der Waals surface area contributed by atoms with E-state index in [9.17, 15) is 39.0 Å². The summed E-state index contributed by atoms with van der Waals surface area (Å²) in [7, 11) is 0. The first-order valence-electron chi connectivity index (χ1n) is 16.7. The number of carbonyl (C=O) groups excluding carboxylic acids is 5. The summed E-state index contributed by atoms with van der Waals surface area (Å²) in [6.45, 7) is 19.4. The number of nitrogens with one attached hydrogen (secondary N) is 5. The number of aliphatic hydroxyl groups is 2. The minimum Gasteiger partial charge on any atom is -0.481 e. The summed E-state index contributed by atoms with van der Waals surface area (Å²) in [5.74, 6) is -4.73. The number of carboxylic acid groups (broad SMARTS) is 1. The zero-order valence-electron chi connectivity index (χ0n) is 30.0. The Labute approximate surface area is 280 Å². The van der Waals surface area contributed by atoms with E-state index >= 15 is 0 Å². The van der Waals surface area contributed by atoms with Crippen molar-refractivity contribution in [1.82, 2.24) is 26.6 Å². The molecule has 272 valence electrons. The number of aliphatic hydroxyl groups excluding tert-OH is 2. The van der Waals surface area contributed by atoms with Crippen LogP contribution in [0, 0.1) is 29.6 Å². The molecule has 0 aromatic carbocycles. The molecule has 0 saturated carbocycles. The van der Waals surface area contributed by atoms with Crippen LogP contribution >= 0.6 is 0 Å². The minimum atomic E-state index is -1.33. The van der Waals surface area contributed by atoms with Crippen molar-refractivity contribution in [2.24, 2.45) is 29.6 Å². The zero-order valence-corrected chi connectivity index (χ0v) is 30.0. The van der Waals surface area contributed by atoms with E-state index in [1.807, 2.05) is 27.7 Å². The van der Waals surface area contributed by atoms with Crippen molar-refractivity contribution >= 4 is 35.5 Å². The standard InChI is InChI=1S/C33H61N5O9/c1-16(2)12-22(36-32(46)28(18(5)6)38-33(47)29(19(7)8)37-30(44)20(9)10)24(39)14-26(41)34-21(11)31(45)35-23(13-17(3)4)25(40)15-27(42)43/h16-25,28-29,39-40H,12-15H2,1-11H3,(H,34,41)(H,35,45)(H,36,46)(H,37,44)(H,38,47)(H,42,43)/t21-,22-,23+,24+,25+,28-,29+/m1/s1. The van der Waals surface area contributed by atoms with E-state index < -0.39 is 84.9 Å². The third kappa shape index (κ3) is 16.9. The molecule has 0 bridgehead atoms. The van der Waals surface area contributed by atoms with Crippen molar-refractivity contribution in [3.63, 3.8) is 0 Å². The SMILES string of the molecule is CC(C)C[C@H](NC(=O)[C@@H](C)NC(=O)C[C@H](O)[C@@H](CC(C)C)NC(=O)[C@H](NC(=O)[C@@H](NC(=O)C(C)C)C(C)C)C(C)C)[C@@H](O)CC(=O)O. The Balaban J connectivity index is 5.60. The summed E-state index contributed by atoms with van der Waals surface area (Å²) < 4.78 is 0. The fourth-order valence-electron chi connectivity index (χ4n) is 4.87. The lowest BCUT2D eigenvalue weighted by Crippen LogP contribution is -2.59. The highest BCUT2D eigenvalue weighted by atomic mass is 16.4. The lowest BCUT2D eigenvalue weighted by molar-refractivity contribution is -0.140. The predicted molar refractivity (Wildman–Crippen MR) is 178 cm³/mol. The van der Waals surface area contributed by atoms with Gasteiger partial charge >= 0.3 is 5.97 Å². The van der Waals surface area contributed by atoms with Gasteiger partial charge in [-0.1, -0.05) is 69.2 Å². The Bertz CT molecular complexity index is 1050. The molecule has 0 aliphatic heterocycles. The summed E-state index contributed by atoms with van der Waals surface area (Å²) in [5, 5.41) is 43.8. The van der Waals surface area contributed by atoms with Crippen LogP contribution in [0.1, 0.15) is 102 Å². The smallest absolute Gasteiger partial charge is 0.306 e. The van der Waals surface area contributed by atoms with E-state index in [1.54, 1.807) is 41.5 Å². The molecule has 14 heteroatoms. The Morgan fingerprint density at radius 1 is 0.511 bits per heavy atom. The number of carboxylic acids is 1. The molecular weight excluding hydrogens is 610 g/mol. The van der Waals surface area contributed by atoms with E-state index in [4.69, 9.17) is 5.11 Å². The third-order valence-corrected chi connectivity index (χ3v) is 7.60. The molecule has 0 aromatic rings. The van der Waals surface area contributed by atoms with Crippen molar-refractivity contribution in [1.29, 1.82) is 0 Å². The second kappa shape index (κ2) is 20.9. The van der Waals surface area contributed by atoms with Crippen molar-refractivity contribution in [2.75, 3.05) is 0 Å². The number of aliphatic carboxylic acids is 1. The van der Waals surface area contributed by atoms with Gasteiger partial charge in [-0.15, -0.1) is 0 Å². The molecule has 0 aliphatic carbocycles. The van der Waals surface area contributed by atoms with Gasteiger partial charge in [0.15, 0.2) is 0 Å². The summed E-state index contributed by atoms with van der Waals surface area (Å²) in [6.07, 6.45) is -3.02. The average molecular weight is 672 g/mol. The first-order chi connectivity index (χ1) is 21.6. The topological polar surface area (TPSA) is 223 Å². The monoisotopic (exact) mass is 671 g/mol. The van der Waals surface area contributed by atoms with Crippen LogP contribution in [0.5, 0.6) is 0 Å². The van der Waals surface area contributed by atoms with E-state index in [1.165, 1.54) is 6.92 Å². The van der Waals surface area contributed by atoms with Gasteiger partial charge in [-0.3, -0.25) is 28.8 Å². The van der Waals surface area contributed by atoms with Gasteiger partial charge in [0, 0.05) is 5.92 Å². The minimum absolute atomic E-state index is 0.0153. The average Bonchev–Trinajstić information content (AvgIpc) is 2.91. The molecule has 0 spiro atoms. The largest absolute Gasteiger partial charge is 0.481 e. The quantitative estimate of drug-likeness (QED) is 0.0873. The maximum Gasteiger partial charge on any atom is 0.306 e. The van der Waals surface area contributed by atoms with Crippen LogP contribution in [0.2, 0.25) is 0 Å². The first kappa shape index (κ1) is 43.7. The van der Waals surface area contributed by atoms with E-state index in [0.29, 0.717) is 12.8 Å². The number of amides is 5. The normalized spacial score (nSPS) is 16.2. The van der Waals surface area contributed by atoms with Crippen LogP contribution in [0.15, 0.2) is 0 Å². The Morgan fingerprint density at radius 3 is 1.28 bits per heavy atom. The lowest BCUT2D eigenvalue weighted by Gasteiger charge is -2.31. The van der Waals surface area contributed by atoms with Crippen LogP contribution in [0.25, 0.3) is 0 Å². The molecule has 0 saturated heterocycles. The van der Waals surface area contributed by atoms with Gasteiger partial charge < -0.3 is 41.9 Å². The van der Waals surface area contributed by atoms with Gasteiger partial charge in [-0.05, 0) is 43.4 Å². The maximum atomic E-state index is 13.5. The van der Waals surface area contributed by atoms with E-state index in [-0.39, 0.29) is 35.5 Å². The molecule has 0 radical (unpaired) electrons. The first-order valence-corrected chi connectivity index (χ1v) is 16.7. The van der Waals surface area contributed by atoms with Crippen LogP contribution in [0.3, 0.4) is 0 Å². The number of hydrogen-bond donors (Lipinski definition) is 8. The Hall–Kier alpha value is -3.26. The van der Waals surface area contributed by atoms with Crippen molar-refractivity contribution in [3.8, 4) is 0 Å². The van der Waals surface area contributed by atoms with Gasteiger partial charge in [0.05, 0.1) is 37.1 Å². The highest BCUT2D eigenvalue weighted by Crippen LogP contribution is 2.15. The van der Waals surface area contributed by atoms with E-state index in [0.717, 1.165) is 0 Å². The summed E-state index contributed by atoms with van der Waals surface area (Å²) in [6, 6.07) is -4.62. The van der Waals surface area contributed by atoms with Crippen molar-refractivity contribution in [3.05, 3.63) is 0 Å². The molecule has 7 atom stereocenters. The highest BCUT2D eigenvalue weighted by molar-refractivity contribution is 5.93. The Morgan fingerprint density at radius 2 is 0.894 bits per heavy atom. The second-order valence-electron chi connectivity index (χ2n) is 14.3. The molecule has 0 unspecified atom stereocenters.